The normalized spacial score (nSPS) is 13.4. The molecule has 0 spiro atoms. The third-order valence-corrected chi connectivity index (χ3v) is 2.56. The molecule has 14 heavy (non-hydrogen) atoms. The van der Waals surface area contributed by atoms with Gasteiger partial charge in [-0.2, -0.15) is 0 Å². The van der Waals surface area contributed by atoms with Gasteiger partial charge in [-0.3, -0.25) is 4.40 Å². The second-order valence-electron chi connectivity index (χ2n) is 3.41. The van der Waals surface area contributed by atoms with Crippen molar-refractivity contribution in [3.8, 4) is 0 Å². The molecular formula is C10H12ClN3. The van der Waals surface area contributed by atoms with Crippen LogP contribution in [0.1, 0.15) is 24.5 Å². The van der Waals surface area contributed by atoms with Crippen LogP contribution in [0.15, 0.2) is 18.2 Å². The van der Waals surface area contributed by atoms with Crippen LogP contribution < -0.4 is 5.73 Å². The van der Waals surface area contributed by atoms with Gasteiger partial charge in [-0.25, -0.2) is 4.98 Å². The molecule has 0 aliphatic heterocycles. The summed E-state index contributed by atoms with van der Waals surface area (Å²) in [5.41, 5.74) is 7.81. The summed E-state index contributed by atoms with van der Waals surface area (Å²) in [6.07, 6.45) is 0. The number of rotatable bonds is 1. The maximum atomic E-state index is 5.98. The fraction of sp³-hybridized carbons (Fsp3) is 0.300. The molecule has 2 N–H and O–H groups in total. The van der Waals surface area contributed by atoms with Gasteiger partial charge in [0.05, 0.1) is 5.52 Å². The fourth-order valence-electron chi connectivity index (χ4n) is 1.65. The zero-order chi connectivity index (χ0) is 10.3. The second kappa shape index (κ2) is 3.26. The minimum atomic E-state index is -0.0253. The zero-order valence-corrected chi connectivity index (χ0v) is 8.92. The first-order chi connectivity index (χ1) is 6.61. The van der Waals surface area contributed by atoms with Gasteiger partial charge < -0.3 is 5.73 Å². The predicted molar refractivity (Wildman–Crippen MR) is 57.5 cm³/mol. The van der Waals surface area contributed by atoms with Crippen molar-refractivity contribution in [1.29, 1.82) is 0 Å². The van der Waals surface area contributed by atoms with E-state index in [2.05, 4.69) is 4.98 Å². The Morgan fingerprint density at radius 2 is 2.21 bits per heavy atom. The minimum absolute atomic E-state index is 0.0253. The standard InChI is InChI=1S/C10H12ClN3/c1-6(12)8-4-3-5-9-10(11)13-7(2)14(8)9/h3-6H,12H2,1-2H3. The number of fused-ring (bicyclic) bond motifs is 1. The highest BCUT2D eigenvalue weighted by atomic mass is 35.5. The molecule has 1 unspecified atom stereocenters. The lowest BCUT2D eigenvalue weighted by Crippen LogP contribution is -2.10. The van der Waals surface area contributed by atoms with Gasteiger partial charge in [0, 0.05) is 11.7 Å². The summed E-state index contributed by atoms with van der Waals surface area (Å²) in [5.74, 6) is 0.873. The Hall–Kier alpha value is -1.06. The zero-order valence-electron chi connectivity index (χ0n) is 8.16. The number of pyridine rings is 1. The molecule has 0 bridgehead atoms. The lowest BCUT2D eigenvalue weighted by molar-refractivity contribution is 0.753. The number of hydrogen-bond donors (Lipinski definition) is 1. The molecule has 2 aromatic heterocycles. The minimum Gasteiger partial charge on any atom is -0.323 e. The largest absolute Gasteiger partial charge is 0.323 e. The van der Waals surface area contributed by atoms with E-state index in [1.54, 1.807) is 0 Å². The van der Waals surface area contributed by atoms with Crippen molar-refractivity contribution in [3.05, 3.63) is 34.9 Å². The van der Waals surface area contributed by atoms with Crippen LogP contribution in [-0.4, -0.2) is 9.38 Å². The van der Waals surface area contributed by atoms with E-state index < -0.39 is 0 Å². The monoisotopic (exact) mass is 209 g/mol. The fourth-order valence-corrected chi connectivity index (χ4v) is 1.92. The van der Waals surface area contributed by atoms with Crippen LogP contribution in [-0.2, 0) is 0 Å². The first-order valence-corrected chi connectivity index (χ1v) is 4.88. The molecule has 2 aromatic rings. The van der Waals surface area contributed by atoms with Crippen LogP contribution in [0.25, 0.3) is 5.52 Å². The molecule has 0 amide bonds. The van der Waals surface area contributed by atoms with Gasteiger partial charge in [-0.05, 0) is 26.0 Å². The van der Waals surface area contributed by atoms with Crippen LogP contribution >= 0.6 is 11.6 Å². The van der Waals surface area contributed by atoms with Crippen LogP contribution in [0.2, 0.25) is 5.15 Å². The first kappa shape index (κ1) is 9.49. The van der Waals surface area contributed by atoms with Gasteiger partial charge in [0.2, 0.25) is 0 Å². The van der Waals surface area contributed by atoms with E-state index in [4.69, 9.17) is 17.3 Å². The average molecular weight is 210 g/mol. The molecule has 0 aromatic carbocycles. The first-order valence-electron chi connectivity index (χ1n) is 4.50. The Labute approximate surface area is 87.5 Å². The van der Waals surface area contributed by atoms with Crippen molar-refractivity contribution in [1.82, 2.24) is 9.38 Å². The number of nitrogens with zero attached hydrogens (tertiary/aromatic N) is 2. The van der Waals surface area contributed by atoms with E-state index in [1.165, 1.54) is 0 Å². The Balaban J connectivity index is 2.85. The molecule has 0 aliphatic carbocycles. The molecule has 2 heterocycles. The molecular weight excluding hydrogens is 198 g/mol. The van der Waals surface area contributed by atoms with Gasteiger partial charge in [0.25, 0.3) is 0 Å². The molecule has 74 valence electrons. The third-order valence-electron chi connectivity index (χ3n) is 2.28. The van der Waals surface area contributed by atoms with E-state index in [0.717, 1.165) is 17.0 Å². The number of aryl methyl sites for hydroxylation is 1. The summed E-state index contributed by atoms with van der Waals surface area (Å²) >= 11 is 5.98. The highest BCUT2D eigenvalue weighted by Gasteiger charge is 2.10. The van der Waals surface area contributed by atoms with Crippen molar-refractivity contribution in [2.24, 2.45) is 5.73 Å². The summed E-state index contributed by atoms with van der Waals surface area (Å²) in [6.45, 7) is 3.87. The summed E-state index contributed by atoms with van der Waals surface area (Å²) < 4.78 is 1.99. The third kappa shape index (κ3) is 1.29. The van der Waals surface area contributed by atoms with E-state index in [9.17, 15) is 0 Å². The number of halogens is 1. The van der Waals surface area contributed by atoms with Gasteiger partial charge >= 0.3 is 0 Å². The maximum Gasteiger partial charge on any atom is 0.155 e. The van der Waals surface area contributed by atoms with E-state index in [0.29, 0.717) is 5.15 Å². The molecule has 0 saturated carbocycles. The summed E-state index contributed by atoms with van der Waals surface area (Å²) in [7, 11) is 0. The van der Waals surface area contributed by atoms with Gasteiger partial charge in [0.1, 0.15) is 5.82 Å². The van der Waals surface area contributed by atoms with Crippen molar-refractivity contribution in [3.63, 3.8) is 0 Å². The summed E-state index contributed by atoms with van der Waals surface area (Å²) in [4.78, 5) is 4.21. The van der Waals surface area contributed by atoms with Crippen LogP contribution in [0.5, 0.6) is 0 Å². The van der Waals surface area contributed by atoms with Crippen molar-refractivity contribution in [2.75, 3.05) is 0 Å². The lowest BCUT2D eigenvalue weighted by Gasteiger charge is -2.09. The average Bonchev–Trinajstić information content (AvgIpc) is 2.43. The Morgan fingerprint density at radius 1 is 1.50 bits per heavy atom. The molecule has 0 radical (unpaired) electrons. The smallest absolute Gasteiger partial charge is 0.155 e. The van der Waals surface area contributed by atoms with E-state index in [-0.39, 0.29) is 6.04 Å². The van der Waals surface area contributed by atoms with Crippen LogP contribution in [0.3, 0.4) is 0 Å². The van der Waals surface area contributed by atoms with Gasteiger partial charge in [-0.15, -0.1) is 0 Å². The highest BCUT2D eigenvalue weighted by Crippen LogP contribution is 2.21. The predicted octanol–water partition coefficient (Wildman–Crippen LogP) is 2.32. The van der Waals surface area contributed by atoms with Gasteiger partial charge in [0.15, 0.2) is 5.15 Å². The Morgan fingerprint density at radius 3 is 2.86 bits per heavy atom. The van der Waals surface area contributed by atoms with Gasteiger partial charge in [-0.1, -0.05) is 17.7 Å². The van der Waals surface area contributed by atoms with Crippen LogP contribution in [0, 0.1) is 6.92 Å². The van der Waals surface area contributed by atoms with Crippen molar-refractivity contribution in [2.45, 2.75) is 19.9 Å². The maximum absolute atomic E-state index is 5.98. The lowest BCUT2D eigenvalue weighted by atomic mass is 10.2. The number of hydrogen-bond acceptors (Lipinski definition) is 2. The molecule has 0 aliphatic rings. The molecule has 2 rings (SSSR count). The molecule has 4 heteroatoms. The molecule has 3 nitrogen and oxygen atoms in total. The van der Waals surface area contributed by atoms with E-state index in [1.807, 2.05) is 36.4 Å². The SMILES string of the molecule is Cc1nc(Cl)c2cccc(C(C)N)n12. The van der Waals surface area contributed by atoms with Crippen molar-refractivity contribution < 1.29 is 0 Å². The topological polar surface area (TPSA) is 43.3 Å². The highest BCUT2D eigenvalue weighted by molar-refractivity contribution is 6.32. The number of aromatic nitrogens is 2. The Bertz CT molecular complexity index is 473. The summed E-state index contributed by atoms with van der Waals surface area (Å²) in [6, 6.07) is 5.85. The van der Waals surface area contributed by atoms with Crippen LogP contribution in [0.4, 0.5) is 0 Å². The van der Waals surface area contributed by atoms with Crippen molar-refractivity contribution >= 4 is 17.1 Å². The molecule has 1 atom stereocenters. The summed E-state index contributed by atoms with van der Waals surface area (Å²) in [5, 5.41) is 0.532. The quantitative estimate of drug-likeness (QED) is 0.784. The Kier molecular flexibility index (Phi) is 2.21. The molecule has 0 saturated heterocycles. The van der Waals surface area contributed by atoms with E-state index >= 15 is 0 Å². The number of nitrogens with two attached hydrogens (primary N) is 1. The second-order valence-corrected chi connectivity index (χ2v) is 3.77. The number of imidazole rings is 1. The molecule has 0 fully saturated rings.